The molecule has 0 saturated carbocycles. The van der Waals surface area contributed by atoms with Crippen molar-refractivity contribution in [3.8, 4) is 0 Å². The summed E-state index contributed by atoms with van der Waals surface area (Å²) in [5, 5.41) is 7.44. The minimum absolute atomic E-state index is 0.122. The first-order valence-electron chi connectivity index (χ1n) is 5.83. The lowest BCUT2D eigenvalue weighted by Crippen LogP contribution is -2.44. The minimum atomic E-state index is -0.757. The maximum absolute atomic E-state index is 11.4. The number of carbonyl (C=O) groups excluding carboxylic acids is 3. The number of nitrogens with one attached hydrogen (secondary N) is 3. The largest absolute Gasteiger partial charge is 0.351 e. The van der Waals surface area contributed by atoms with Crippen molar-refractivity contribution in [3.05, 3.63) is 0 Å². The molecular weight excluding hydrogens is 236 g/mol. The maximum atomic E-state index is 11.4. The summed E-state index contributed by atoms with van der Waals surface area (Å²) in [5.41, 5.74) is 4.87. The summed E-state index contributed by atoms with van der Waals surface area (Å²) in [6.45, 7) is 6.23. The van der Waals surface area contributed by atoms with Crippen LogP contribution in [0, 0.1) is 0 Å². The van der Waals surface area contributed by atoms with Crippen molar-refractivity contribution in [2.24, 2.45) is 5.73 Å². The summed E-state index contributed by atoms with van der Waals surface area (Å²) < 4.78 is 0. The molecule has 0 radical (unpaired) electrons. The molecule has 0 unspecified atom stereocenters. The van der Waals surface area contributed by atoms with E-state index in [1.807, 2.05) is 20.8 Å². The predicted molar refractivity (Wildman–Crippen MR) is 67.6 cm³/mol. The van der Waals surface area contributed by atoms with E-state index in [0.717, 1.165) is 0 Å². The van der Waals surface area contributed by atoms with Gasteiger partial charge in [-0.15, -0.1) is 0 Å². The maximum Gasteiger partial charge on any atom is 0.309 e. The van der Waals surface area contributed by atoms with E-state index in [4.69, 9.17) is 5.73 Å². The van der Waals surface area contributed by atoms with Crippen molar-refractivity contribution < 1.29 is 14.4 Å². The van der Waals surface area contributed by atoms with E-state index in [1.165, 1.54) is 0 Å². The molecule has 3 amide bonds. The van der Waals surface area contributed by atoms with Crippen LogP contribution in [0.4, 0.5) is 0 Å². The summed E-state index contributed by atoms with van der Waals surface area (Å²) >= 11 is 0. The molecule has 7 nitrogen and oxygen atoms in total. The first-order valence-corrected chi connectivity index (χ1v) is 5.83. The third-order valence-corrected chi connectivity index (χ3v) is 1.79. The monoisotopic (exact) mass is 258 g/mol. The molecule has 0 aliphatic heterocycles. The Morgan fingerprint density at radius 2 is 1.50 bits per heavy atom. The SMILES string of the molecule is CC(C)(C)NC(=O)CCNC(=O)C(=O)NCCN. The van der Waals surface area contributed by atoms with Gasteiger partial charge < -0.3 is 21.7 Å². The molecule has 0 spiro atoms. The lowest BCUT2D eigenvalue weighted by atomic mass is 10.1. The van der Waals surface area contributed by atoms with Gasteiger partial charge in [-0.3, -0.25) is 14.4 Å². The summed E-state index contributed by atoms with van der Waals surface area (Å²) in [4.78, 5) is 33.7. The van der Waals surface area contributed by atoms with Gasteiger partial charge in [0.15, 0.2) is 0 Å². The number of hydrogen-bond acceptors (Lipinski definition) is 4. The highest BCUT2D eigenvalue weighted by Gasteiger charge is 2.15. The molecule has 7 heteroatoms. The first kappa shape index (κ1) is 16.4. The molecule has 5 N–H and O–H groups in total. The molecule has 0 aliphatic rings. The van der Waals surface area contributed by atoms with E-state index in [2.05, 4.69) is 16.0 Å². The van der Waals surface area contributed by atoms with Crippen molar-refractivity contribution in [1.29, 1.82) is 0 Å². The lowest BCUT2D eigenvalue weighted by molar-refractivity contribution is -0.139. The van der Waals surface area contributed by atoms with Crippen LogP contribution in [0.5, 0.6) is 0 Å². The molecule has 0 saturated heterocycles. The standard InChI is InChI=1S/C11H22N4O3/c1-11(2,3)15-8(16)4-6-13-9(17)10(18)14-7-5-12/h4-7,12H2,1-3H3,(H,13,17)(H,14,18)(H,15,16). The smallest absolute Gasteiger partial charge is 0.309 e. The fourth-order valence-corrected chi connectivity index (χ4v) is 1.12. The number of amides is 3. The summed E-state index contributed by atoms with van der Waals surface area (Å²) in [7, 11) is 0. The van der Waals surface area contributed by atoms with Gasteiger partial charge in [0, 0.05) is 31.6 Å². The zero-order valence-corrected chi connectivity index (χ0v) is 11.1. The molecule has 18 heavy (non-hydrogen) atoms. The third-order valence-electron chi connectivity index (χ3n) is 1.79. The van der Waals surface area contributed by atoms with Crippen LogP contribution in [0.1, 0.15) is 27.2 Å². The highest BCUT2D eigenvalue weighted by atomic mass is 16.2. The zero-order chi connectivity index (χ0) is 14.2. The van der Waals surface area contributed by atoms with Crippen LogP contribution in [-0.2, 0) is 14.4 Å². The van der Waals surface area contributed by atoms with Crippen molar-refractivity contribution in [2.45, 2.75) is 32.7 Å². The van der Waals surface area contributed by atoms with Gasteiger partial charge >= 0.3 is 11.8 Å². The fraction of sp³-hybridized carbons (Fsp3) is 0.727. The van der Waals surface area contributed by atoms with Gasteiger partial charge in [-0.1, -0.05) is 0 Å². The number of carbonyl (C=O) groups is 3. The number of nitrogens with two attached hydrogens (primary N) is 1. The van der Waals surface area contributed by atoms with E-state index in [1.54, 1.807) is 0 Å². The molecule has 0 aromatic rings. The molecule has 104 valence electrons. The first-order chi connectivity index (χ1) is 8.26. The molecule has 0 aliphatic carbocycles. The molecule has 0 atom stereocenters. The van der Waals surface area contributed by atoms with Crippen LogP contribution in [0.25, 0.3) is 0 Å². The van der Waals surface area contributed by atoms with Gasteiger partial charge in [-0.05, 0) is 20.8 Å². The Labute approximate surface area is 107 Å². The Kier molecular flexibility index (Phi) is 6.96. The van der Waals surface area contributed by atoms with Crippen molar-refractivity contribution in [1.82, 2.24) is 16.0 Å². The van der Waals surface area contributed by atoms with Crippen LogP contribution in [0.15, 0.2) is 0 Å². The van der Waals surface area contributed by atoms with E-state index in [9.17, 15) is 14.4 Å². The average molecular weight is 258 g/mol. The Morgan fingerprint density at radius 1 is 1.00 bits per heavy atom. The molecule has 0 bridgehead atoms. The summed E-state index contributed by atoms with van der Waals surface area (Å²) in [6, 6.07) is 0. The topological polar surface area (TPSA) is 113 Å². The highest BCUT2D eigenvalue weighted by Crippen LogP contribution is 1.98. The molecular formula is C11H22N4O3. The van der Waals surface area contributed by atoms with Crippen LogP contribution in [0.2, 0.25) is 0 Å². The van der Waals surface area contributed by atoms with E-state index < -0.39 is 11.8 Å². The zero-order valence-electron chi connectivity index (χ0n) is 11.1. The summed E-state index contributed by atoms with van der Waals surface area (Å²) in [5.74, 6) is -1.67. The Hall–Kier alpha value is -1.63. The molecule has 0 heterocycles. The molecule has 0 rings (SSSR count). The van der Waals surface area contributed by atoms with Crippen molar-refractivity contribution >= 4 is 17.7 Å². The van der Waals surface area contributed by atoms with Gasteiger partial charge in [-0.2, -0.15) is 0 Å². The average Bonchev–Trinajstić information content (AvgIpc) is 2.23. The molecule has 0 aromatic heterocycles. The number of hydrogen-bond donors (Lipinski definition) is 4. The highest BCUT2D eigenvalue weighted by molar-refractivity contribution is 6.35. The van der Waals surface area contributed by atoms with Crippen LogP contribution in [0.3, 0.4) is 0 Å². The number of rotatable bonds is 5. The van der Waals surface area contributed by atoms with Gasteiger partial charge in [0.1, 0.15) is 0 Å². The van der Waals surface area contributed by atoms with E-state index >= 15 is 0 Å². The van der Waals surface area contributed by atoms with Gasteiger partial charge in [0.05, 0.1) is 0 Å². The normalized spacial score (nSPS) is 10.7. The Morgan fingerprint density at radius 3 is 1.94 bits per heavy atom. The third kappa shape index (κ3) is 8.51. The fourth-order valence-electron chi connectivity index (χ4n) is 1.12. The van der Waals surface area contributed by atoms with Crippen molar-refractivity contribution in [2.75, 3.05) is 19.6 Å². The van der Waals surface area contributed by atoms with E-state index in [0.29, 0.717) is 0 Å². The van der Waals surface area contributed by atoms with Crippen LogP contribution >= 0.6 is 0 Å². The lowest BCUT2D eigenvalue weighted by Gasteiger charge is -2.20. The molecule has 0 aromatic carbocycles. The Balaban J connectivity index is 3.81. The van der Waals surface area contributed by atoms with Crippen LogP contribution < -0.4 is 21.7 Å². The van der Waals surface area contributed by atoms with Crippen LogP contribution in [-0.4, -0.2) is 42.9 Å². The van der Waals surface area contributed by atoms with Gasteiger partial charge in [0.25, 0.3) is 0 Å². The summed E-state index contributed by atoms with van der Waals surface area (Å²) in [6.07, 6.45) is 0.132. The quantitative estimate of drug-likeness (QED) is 0.449. The van der Waals surface area contributed by atoms with Gasteiger partial charge in [-0.25, -0.2) is 0 Å². The van der Waals surface area contributed by atoms with E-state index in [-0.39, 0.29) is 37.5 Å². The predicted octanol–water partition coefficient (Wildman–Crippen LogP) is -1.52. The second-order valence-electron chi connectivity index (χ2n) is 4.85. The Bertz CT molecular complexity index is 310. The van der Waals surface area contributed by atoms with Crippen molar-refractivity contribution in [3.63, 3.8) is 0 Å². The van der Waals surface area contributed by atoms with Gasteiger partial charge in [0.2, 0.25) is 5.91 Å². The molecule has 0 fully saturated rings. The minimum Gasteiger partial charge on any atom is -0.351 e. The second-order valence-corrected chi connectivity index (χ2v) is 4.85. The second kappa shape index (κ2) is 7.65.